The first-order valence-electron chi connectivity index (χ1n) is 2.08. The van der Waals surface area contributed by atoms with Crippen molar-refractivity contribution in [3.05, 3.63) is 12.7 Å². The average molecular weight is 230 g/mol. The molecule has 7 heavy (non-hydrogen) atoms. The van der Waals surface area contributed by atoms with Crippen molar-refractivity contribution in [1.82, 2.24) is 0 Å². The van der Waals surface area contributed by atoms with Gasteiger partial charge in [0, 0.05) is 5.33 Å². The van der Waals surface area contributed by atoms with Gasteiger partial charge in [-0.1, -0.05) is 22.0 Å². The Balaban J connectivity index is 0. The van der Waals surface area contributed by atoms with Crippen molar-refractivity contribution >= 4 is 32.9 Å². The van der Waals surface area contributed by atoms with Crippen LogP contribution in [0.4, 0.5) is 0 Å². The predicted octanol–water partition coefficient (Wildman–Crippen LogP) is 2.93. The van der Waals surface area contributed by atoms with Crippen LogP contribution in [0.3, 0.4) is 0 Å². The summed E-state index contributed by atoms with van der Waals surface area (Å²) in [5.74, 6) is 0. The molecule has 0 N–H and O–H groups in total. The van der Waals surface area contributed by atoms with Gasteiger partial charge >= 0.3 is 0 Å². The summed E-state index contributed by atoms with van der Waals surface area (Å²) in [6.45, 7) is 3.58. The number of unbranched alkanes of at least 4 members (excludes halogenated alkanes) is 1. The first-order chi connectivity index (χ1) is 2.91. The van der Waals surface area contributed by atoms with E-state index in [0.29, 0.717) is 0 Å². The van der Waals surface area contributed by atoms with E-state index in [4.69, 9.17) is 0 Å². The summed E-state index contributed by atoms with van der Waals surface area (Å²) < 4.78 is 0. The van der Waals surface area contributed by atoms with Crippen molar-refractivity contribution in [3.63, 3.8) is 0 Å². The third-order valence-electron chi connectivity index (χ3n) is 0.542. The molecule has 0 atom stereocenters. The standard InChI is InChI=1S/C5H9Br.BrH/c1-2-3-4-5-6;/h2H,1,3-5H2;1H. The van der Waals surface area contributed by atoms with Crippen LogP contribution in [-0.4, -0.2) is 5.33 Å². The molecule has 0 aromatic rings. The normalized spacial score (nSPS) is 7.00. The zero-order valence-corrected chi connectivity index (χ0v) is 7.49. The average Bonchev–Trinajstić information content (AvgIpc) is 1.61. The van der Waals surface area contributed by atoms with Gasteiger partial charge in [0.25, 0.3) is 0 Å². The molecular formula is C5H10Br2. The van der Waals surface area contributed by atoms with Gasteiger partial charge in [-0.05, 0) is 12.8 Å². The molecule has 0 radical (unpaired) electrons. The maximum atomic E-state index is 3.58. The highest BCUT2D eigenvalue weighted by Crippen LogP contribution is 1.91. The molecule has 0 heterocycles. The quantitative estimate of drug-likeness (QED) is 0.397. The van der Waals surface area contributed by atoms with E-state index in [0.717, 1.165) is 11.8 Å². The van der Waals surface area contributed by atoms with E-state index in [1.807, 2.05) is 6.08 Å². The molecule has 0 aliphatic carbocycles. The minimum Gasteiger partial charge on any atom is -0.114 e. The van der Waals surface area contributed by atoms with Crippen LogP contribution in [0.25, 0.3) is 0 Å². The third-order valence-corrected chi connectivity index (χ3v) is 1.10. The lowest BCUT2D eigenvalue weighted by Crippen LogP contribution is -1.66. The van der Waals surface area contributed by atoms with E-state index in [1.54, 1.807) is 0 Å². The van der Waals surface area contributed by atoms with Crippen LogP contribution in [0.5, 0.6) is 0 Å². The molecule has 44 valence electrons. The molecule has 0 saturated carbocycles. The Morgan fingerprint density at radius 1 is 1.57 bits per heavy atom. The lowest BCUT2D eigenvalue weighted by Gasteiger charge is -1.80. The van der Waals surface area contributed by atoms with Gasteiger partial charge in [-0.25, -0.2) is 0 Å². The van der Waals surface area contributed by atoms with Crippen LogP contribution in [0.15, 0.2) is 12.7 Å². The molecule has 2 heteroatoms. The number of hydrogen-bond acceptors (Lipinski definition) is 0. The summed E-state index contributed by atoms with van der Waals surface area (Å²) in [6, 6.07) is 0. The maximum Gasteiger partial charge on any atom is 0.00342 e. The molecule has 0 aromatic heterocycles. The first kappa shape index (κ1) is 10.6. The summed E-state index contributed by atoms with van der Waals surface area (Å²) in [7, 11) is 0. The van der Waals surface area contributed by atoms with Gasteiger partial charge in [0.05, 0.1) is 0 Å². The van der Waals surface area contributed by atoms with Crippen LogP contribution in [0, 0.1) is 0 Å². The molecule has 0 unspecified atom stereocenters. The van der Waals surface area contributed by atoms with Crippen molar-refractivity contribution in [1.29, 1.82) is 0 Å². The fraction of sp³-hybridized carbons (Fsp3) is 0.600. The van der Waals surface area contributed by atoms with Crippen molar-refractivity contribution < 1.29 is 0 Å². The molecule has 0 fully saturated rings. The first-order valence-corrected chi connectivity index (χ1v) is 3.21. The summed E-state index contributed by atoms with van der Waals surface area (Å²) in [5, 5.41) is 1.10. The number of rotatable bonds is 3. The van der Waals surface area contributed by atoms with E-state index in [-0.39, 0.29) is 17.0 Å². The van der Waals surface area contributed by atoms with Gasteiger partial charge in [-0.15, -0.1) is 23.6 Å². The highest BCUT2D eigenvalue weighted by atomic mass is 79.9. The van der Waals surface area contributed by atoms with Gasteiger partial charge in [0.15, 0.2) is 0 Å². The second-order valence-electron chi connectivity index (χ2n) is 1.12. The molecule has 0 aromatic carbocycles. The zero-order valence-electron chi connectivity index (χ0n) is 4.19. The summed E-state index contributed by atoms with van der Waals surface area (Å²) in [4.78, 5) is 0. The van der Waals surface area contributed by atoms with E-state index in [9.17, 15) is 0 Å². The maximum absolute atomic E-state index is 3.58. The van der Waals surface area contributed by atoms with Crippen molar-refractivity contribution in [3.8, 4) is 0 Å². The highest BCUT2D eigenvalue weighted by molar-refractivity contribution is 9.09. The van der Waals surface area contributed by atoms with Crippen LogP contribution in [0.2, 0.25) is 0 Å². The summed E-state index contributed by atoms with van der Waals surface area (Å²) >= 11 is 3.30. The second kappa shape index (κ2) is 9.85. The Hall–Kier alpha value is 0.700. The monoisotopic (exact) mass is 228 g/mol. The molecule has 0 rings (SSSR count). The SMILES string of the molecule is Br.C=CCCCBr. The Morgan fingerprint density at radius 2 is 2.14 bits per heavy atom. The molecule has 0 aliphatic heterocycles. The minimum absolute atomic E-state index is 0. The lowest BCUT2D eigenvalue weighted by atomic mass is 10.3. The number of halogens is 2. The Bertz CT molecular complexity index is 35.1. The number of alkyl halides is 1. The van der Waals surface area contributed by atoms with E-state index in [2.05, 4.69) is 22.5 Å². The summed E-state index contributed by atoms with van der Waals surface area (Å²) in [5.41, 5.74) is 0. The van der Waals surface area contributed by atoms with Crippen molar-refractivity contribution in [2.75, 3.05) is 5.33 Å². The van der Waals surface area contributed by atoms with E-state index < -0.39 is 0 Å². The van der Waals surface area contributed by atoms with Crippen LogP contribution < -0.4 is 0 Å². The highest BCUT2D eigenvalue weighted by Gasteiger charge is 1.72. The Kier molecular flexibility index (Phi) is 15.0. The number of allylic oxidation sites excluding steroid dienone is 1. The molecule has 0 amide bonds. The Morgan fingerprint density at radius 3 is 2.29 bits per heavy atom. The van der Waals surface area contributed by atoms with Crippen molar-refractivity contribution in [2.45, 2.75) is 12.8 Å². The van der Waals surface area contributed by atoms with Crippen LogP contribution >= 0.6 is 32.9 Å². The molecular weight excluding hydrogens is 220 g/mol. The van der Waals surface area contributed by atoms with Crippen LogP contribution in [0.1, 0.15) is 12.8 Å². The van der Waals surface area contributed by atoms with Gasteiger partial charge < -0.3 is 0 Å². The van der Waals surface area contributed by atoms with Gasteiger partial charge in [0.1, 0.15) is 0 Å². The van der Waals surface area contributed by atoms with Gasteiger partial charge in [-0.2, -0.15) is 0 Å². The van der Waals surface area contributed by atoms with Gasteiger partial charge in [0.2, 0.25) is 0 Å². The van der Waals surface area contributed by atoms with E-state index >= 15 is 0 Å². The topological polar surface area (TPSA) is 0 Å². The zero-order chi connectivity index (χ0) is 4.83. The molecule has 0 nitrogen and oxygen atoms in total. The van der Waals surface area contributed by atoms with Crippen molar-refractivity contribution in [2.24, 2.45) is 0 Å². The fourth-order valence-electron chi connectivity index (χ4n) is 0.221. The molecule has 0 saturated heterocycles. The largest absolute Gasteiger partial charge is 0.114 e. The molecule has 0 aliphatic rings. The molecule has 0 bridgehead atoms. The van der Waals surface area contributed by atoms with Crippen LogP contribution in [-0.2, 0) is 0 Å². The minimum atomic E-state index is 0. The van der Waals surface area contributed by atoms with Gasteiger partial charge in [-0.3, -0.25) is 0 Å². The lowest BCUT2D eigenvalue weighted by molar-refractivity contribution is 0.982. The number of hydrogen-bond donors (Lipinski definition) is 0. The van der Waals surface area contributed by atoms with E-state index in [1.165, 1.54) is 6.42 Å². The third kappa shape index (κ3) is 10.8. The Labute approximate surface area is 63.9 Å². The predicted molar refractivity (Wildman–Crippen MR) is 43.5 cm³/mol. The smallest absolute Gasteiger partial charge is 0.00342 e. The fourth-order valence-corrected chi connectivity index (χ4v) is 0.545. The molecule has 0 spiro atoms. The summed E-state index contributed by atoms with van der Waals surface area (Å²) in [6.07, 6.45) is 4.27. The second-order valence-corrected chi connectivity index (χ2v) is 1.91.